The summed E-state index contributed by atoms with van der Waals surface area (Å²) in [4.78, 5) is 4.72. The Morgan fingerprint density at radius 2 is 2.00 bits per heavy atom. The second-order valence-electron chi connectivity index (χ2n) is 5.15. The molecule has 0 unspecified atom stereocenters. The fourth-order valence-corrected chi connectivity index (χ4v) is 4.21. The average molecular weight is 355 g/mol. The number of aryl methyl sites for hydroxylation is 1. The molecule has 0 fully saturated rings. The molecule has 8 heteroatoms. The van der Waals surface area contributed by atoms with E-state index in [1.165, 1.54) is 17.8 Å². The van der Waals surface area contributed by atoms with Crippen LogP contribution in [0.1, 0.15) is 17.0 Å². The number of hydrogen-bond donors (Lipinski definition) is 1. The van der Waals surface area contributed by atoms with Crippen LogP contribution in [0.25, 0.3) is 0 Å². The van der Waals surface area contributed by atoms with Crippen molar-refractivity contribution in [2.45, 2.75) is 36.2 Å². The van der Waals surface area contributed by atoms with Crippen LogP contribution in [0.3, 0.4) is 0 Å². The molecule has 0 aliphatic heterocycles. The van der Waals surface area contributed by atoms with Gasteiger partial charge in [-0.15, -0.1) is 0 Å². The fourth-order valence-electron chi connectivity index (χ4n) is 2.22. The van der Waals surface area contributed by atoms with Crippen molar-refractivity contribution in [2.24, 2.45) is 5.14 Å². The van der Waals surface area contributed by atoms with Gasteiger partial charge in [0.15, 0.2) is 5.16 Å². The van der Waals surface area contributed by atoms with Crippen LogP contribution in [-0.4, -0.2) is 31.7 Å². The molecular weight excluding hydrogens is 334 g/mol. The number of rotatable bonds is 7. The molecule has 0 aliphatic carbocycles. The van der Waals surface area contributed by atoms with Crippen LogP contribution in [0, 0.1) is 13.8 Å². The van der Waals surface area contributed by atoms with E-state index < -0.39 is 10.0 Å². The molecule has 1 aromatic carbocycles. The van der Waals surface area contributed by atoms with Crippen LogP contribution in [0.5, 0.6) is 0 Å². The lowest BCUT2D eigenvalue weighted by molar-refractivity contribution is 0.184. The Bertz CT molecular complexity index is 785. The summed E-state index contributed by atoms with van der Waals surface area (Å²) in [6, 6.07) is 6.77. The zero-order valence-corrected chi connectivity index (χ0v) is 15.1. The summed E-state index contributed by atoms with van der Waals surface area (Å²) in [5.74, 6) is 0.482. The van der Waals surface area contributed by atoms with Gasteiger partial charge in [-0.1, -0.05) is 30.0 Å². The van der Waals surface area contributed by atoms with Crippen molar-refractivity contribution in [1.82, 2.24) is 9.55 Å². The van der Waals surface area contributed by atoms with Gasteiger partial charge in [0.1, 0.15) is 0 Å². The van der Waals surface area contributed by atoms with E-state index in [4.69, 9.17) is 9.88 Å². The van der Waals surface area contributed by atoms with Crippen LogP contribution >= 0.6 is 11.8 Å². The predicted octanol–water partition coefficient (Wildman–Crippen LogP) is 2.09. The lowest BCUT2D eigenvalue weighted by Gasteiger charge is -2.10. The highest BCUT2D eigenvalue weighted by molar-refractivity contribution is 7.98. The number of nitrogens with zero attached hydrogens (tertiary/aromatic N) is 2. The van der Waals surface area contributed by atoms with Gasteiger partial charge in [-0.05, 0) is 25.5 Å². The quantitative estimate of drug-likeness (QED) is 0.769. The molecule has 1 aromatic heterocycles. The number of primary sulfonamides is 1. The summed E-state index contributed by atoms with van der Waals surface area (Å²) in [7, 11) is -2.06. The third kappa shape index (κ3) is 4.35. The van der Waals surface area contributed by atoms with E-state index in [9.17, 15) is 8.42 Å². The molecule has 0 saturated carbocycles. The van der Waals surface area contributed by atoms with Crippen LogP contribution in [0.4, 0.5) is 0 Å². The molecule has 2 aromatic rings. The minimum Gasteiger partial charge on any atom is -0.383 e. The van der Waals surface area contributed by atoms with Crippen molar-refractivity contribution in [3.05, 3.63) is 41.2 Å². The Morgan fingerprint density at radius 1 is 1.30 bits per heavy atom. The largest absolute Gasteiger partial charge is 0.383 e. The van der Waals surface area contributed by atoms with E-state index in [0.717, 1.165) is 16.5 Å². The highest BCUT2D eigenvalue weighted by atomic mass is 32.2. The zero-order valence-electron chi connectivity index (χ0n) is 13.4. The van der Waals surface area contributed by atoms with Crippen LogP contribution < -0.4 is 5.14 Å². The van der Waals surface area contributed by atoms with Gasteiger partial charge in [0.2, 0.25) is 10.0 Å². The van der Waals surface area contributed by atoms with Crippen molar-refractivity contribution in [3.63, 3.8) is 0 Å². The highest BCUT2D eigenvalue weighted by Crippen LogP contribution is 2.27. The van der Waals surface area contributed by atoms with Crippen molar-refractivity contribution in [2.75, 3.05) is 13.7 Å². The number of benzene rings is 1. The first-order valence-electron chi connectivity index (χ1n) is 7.10. The predicted molar refractivity (Wildman–Crippen MR) is 91.0 cm³/mol. The maximum Gasteiger partial charge on any atom is 0.238 e. The Labute approximate surface area is 141 Å². The lowest BCUT2D eigenvalue weighted by Crippen LogP contribution is -2.14. The van der Waals surface area contributed by atoms with Crippen LogP contribution in [-0.2, 0) is 27.1 Å². The normalized spacial score (nSPS) is 11.8. The van der Waals surface area contributed by atoms with E-state index in [1.807, 2.05) is 13.8 Å². The van der Waals surface area contributed by atoms with Gasteiger partial charge in [0.25, 0.3) is 0 Å². The molecule has 2 N–H and O–H groups in total. The van der Waals surface area contributed by atoms with E-state index >= 15 is 0 Å². The Morgan fingerprint density at radius 3 is 2.65 bits per heavy atom. The first-order chi connectivity index (χ1) is 10.8. The lowest BCUT2D eigenvalue weighted by atomic mass is 10.2. The van der Waals surface area contributed by atoms with Crippen LogP contribution in [0.15, 0.2) is 34.3 Å². The molecule has 1 heterocycles. The molecule has 2 rings (SSSR count). The third-order valence-corrected chi connectivity index (χ3v) is 5.61. The molecule has 0 saturated heterocycles. The Kier molecular flexibility index (Phi) is 5.85. The molecule has 6 nitrogen and oxygen atoms in total. The number of aromatic nitrogens is 2. The van der Waals surface area contributed by atoms with Crippen molar-refractivity contribution >= 4 is 21.8 Å². The van der Waals surface area contributed by atoms with Gasteiger partial charge in [-0.3, -0.25) is 0 Å². The molecule has 0 amide bonds. The number of methoxy groups -OCH3 is 1. The summed E-state index contributed by atoms with van der Waals surface area (Å²) >= 11 is 1.49. The van der Waals surface area contributed by atoms with Gasteiger partial charge < -0.3 is 9.30 Å². The number of nitrogens with two attached hydrogens (primary N) is 1. The van der Waals surface area contributed by atoms with Gasteiger partial charge >= 0.3 is 0 Å². The third-order valence-electron chi connectivity index (χ3n) is 3.58. The van der Waals surface area contributed by atoms with Crippen molar-refractivity contribution in [3.8, 4) is 0 Å². The second-order valence-corrected chi connectivity index (χ2v) is 7.62. The average Bonchev–Trinajstić information content (AvgIpc) is 2.77. The highest BCUT2D eigenvalue weighted by Gasteiger charge is 2.16. The fraction of sp³-hybridized carbons (Fsp3) is 0.400. The molecule has 0 atom stereocenters. The number of sulfonamides is 1. The molecule has 126 valence electrons. The smallest absolute Gasteiger partial charge is 0.238 e. The van der Waals surface area contributed by atoms with Gasteiger partial charge in [0.05, 0.1) is 17.2 Å². The van der Waals surface area contributed by atoms with E-state index in [1.54, 1.807) is 25.3 Å². The molecule has 0 radical (unpaired) electrons. The number of ether oxygens (including phenoxy) is 1. The standard InChI is InChI=1S/C15H21N3O3S2/c1-11-12(2)18(8-9-21-3)15(17-11)22-10-13-6-4-5-7-14(13)23(16,19)20/h4-7H,8-10H2,1-3H3,(H2,16,19,20). The Hall–Kier alpha value is -1.35. The van der Waals surface area contributed by atoms with Gasteiger partial charge in [-0.25, -0.2) is 18.5 Å². The second kappa shape index (κ2) is 7.48. The summed E-state index contributed by atoms with van der Waals surface area (Å²) < 4.78 is 30.5. The Balaban J connectivity index is 2.24. The minimum atomic E-state index is -3.73. The number of imidazole rings is 1. The van der Waals surface area contributed by atoms with E-state index in [0.29, 0.717) is 24.5 Å². The van der Waals surface area contributed by atoms with Crippen molar-refractivity contribution in [1.29, 1.82) is 0 Å². The number of hydrogen-bond acceptors (Lipinski definition) is 5. The van der Waals surface area contributed by atoms with Gasteiger partial charge in [-0.2, -0.15) is 0 Å². The maximum absolute atomic E-state index is 11.7. The minimum absolute atomic E-state index is 0.163. The monoisotopic (exact) mass is 355 g/mol. The van der Waals surface area contributed by atoms with E-state index in [-0.39, 0.29) is 4.90 Å². The molecule has 23 heavy (non-hydrogen) atoms. The molecule has 0 bridgehead atoms. The summed E-state index contributed by atoms with van der Waals surface area (Å²) in [5.41, 5.74) is 2.73. The van der Waals surface area contributed by atoms with Crippen molar-refractivity contribution < 1.29 is 13.2 Å². The summed E-state index contributed by atoms with van der Waals surface area (Å²) in [5, 5.41) is 6.12. The molecule has 0 aliphatic rings. The molecule has 0 spiro atoms. The van der Waals surface area contributed by atoms with Crippen LogP contribution in [0.2, 0.25) is 0 Å². The summed E-state index contributed by atoms with van der Waals surface area (Å²) in [6.45, 7) is 5.28. The SMILES string of the molecule is COCCn1c(SCc2ccccc2S(N)(=O)=O)nc(C)c1C. The topological polar surface area (TPSA) is 87.2 Å². The van der Waals surface area contributed by atoms with Gasteiger partial charge in [0, 0.05) is 25.1 Å². The zero-order chi connectivity index (χ0) is 17.0. The molecular formula is C15H21N3O3S2. The van der Waals surface area contributed by atoms with E-state index in [2.05, 4.69) is 9.55 Å². The maximum atomic E-state index is 11.7. The number of thioether (sulfide) groups is 1. The first kappa shape index (κ1) is 18.0. The summed E-state index contributed by atoms with van der Waals surface area (Å²) in [6.07, 6.45) is 0. The first-order valence-corrected chi connectivity index (χ1v) is 9.64.